The minimum atomic E-state index is -0.370. The van der Waals surface area contributed by atoms with E-state index < -0.39 is 0 Å². The summed E-state index contributed by atoms with van der Waals surface area (Å²) >= 11 is 0. The molecule has 1 aromatic carbocycles. The van der Waals surface area contributed by atoms with Gasteiger partial charge in [0.15, 0.2) is 0 Å². The van der Waals surface area contributed by atoms with Crippen LogP contribution in [0.15, 0.2) is 24.3 Å². The standard InChI is InChI=1S/C15H23NO/c1-3-12-8-9-16-14(10-12)15(17)13-6-4-11(2)5-7-13/h4-7,12,14-17H,3,8-10H2,1-2H3. The van der Waals surface area contributed by atoms with Crippen LogP contribution in [0.2, 0.25) is 0 Å². The number of aliphatic hydroxyl groups is 1. The van der Waals surface area contributed by atoms with Gasteiger partial charge < -0.3 is 10.4 Å². The third-order valence-corrected chi connectivity index (χ3v) is 3.92. The Balaban J connectivity index is 2.03. The van der Waals surface area contributed by atoms with E-state index in [0.29, 0.717) is 0 Å². The zero-order valence-corrected chi connectivity index (χ0v) is 10.8. The SMILES string of the molecule is CCC1CCNC(C(O)c2ccc(C)cc2)C1. The van der Waals surface area contributed by atoms with Crippen LogP contribution in [0.1, 0.15) is 43.4 Å². The molecule has 2 N–H and O–H groups in total. The van der Waals surface area contributed by atoms with Crippen molar-refractivity contribution in [2.45, 2.75) is 45.3 Å². The summed E-state index contributed by atoms with van der Waals surface area (Å²) in [5.74, 6) is 0.765. The van der Waals surface area contributed by atoms with Crippen molar-refractivity contribution in [3.05, 3.63) is 35.4 Å². The Labute approximate surface area is 104 Å². The Morgan fingerprint density at radius 2 is 2.06 bits per heavy atom. The Morgan fingerprint density at radius 1 is 1.35 bits per heavy atom. The topological polar surface area (TPSA) is 32.3 Å². The zero-order valence-electron chi connectivity index (χ0n) is 10.8. The van der Waals surface area contributed by atoms with Crippen LogP contribution in [-0.4, -0.2) is 17.7 Å². The Morgan fingerprint density at radius 3 is 2.71 bits per heavy atom. The number of rotatable bonds is 3. The predicted octanol–water partition coefficient (Wildman–Crippen LogP) is 2.81. The maximum atomic E-state index is 10.4. The zero-order chi connectivity index (χ0) is 12.3. The van der Waals surface area contributed by atoms with Crippen LogP contribution < -0.4 is 5.32 Å². The van der Waals surface area contributed by atoms with E-state index in [-0.39, 0.29) is 12.1 Å². The van der Waals surface area contributed by atoms with Crippen LogP contribution in [-0.2, 0) is 0 Å². The summed E-state index contributed by atoms with van der Waals surface area (Å²) in [6.07, 6.45) is 3.18. The quantitative estimate of drug-likeness (QED) is 0.841. The van der Waals surface area contributed by atoms with Crippen molar-refractivity contribution in [3.63, 3.8) is 0 Å². The molecule has 17 heavy (non-hydrogen) atoms. The molecule has 0 spiro atoms. The molecule has 3 atom stereocenters. The lowest BCUT2D eigenvalue weighted by atomic mass is 9.86. The third-order valence-electron chi connectivity index (χ3n) is 3.92. The normalized spacial score (nSPS) is 26.8. The van der Waals surface area contributed by atoms with Gasteiger partial charge >= 0.3 is 0 Å². The lowest BCUT2D eigenvalue weighted by molar-refractivity contribution is 0.0979. The molecular weight excluding hydrogens is 210 g/mol. The summed E-state index contributed by atoms with van der Waals surface area (Å²) in [6, 6.07) is 8.43. The van der Waals surface area contributed by atoms with Crippen LogP contribution in [0.4, 0.5) is 0 Å². The molecule has 2 nitrogen and oxygen atoms in total. The minimum Gasteiger partial charge on any atom is -0.387 e. The van der Waals surface area contributed by atoms with Crippen molar-refractivity contribution in [2.24, 2.45) is 5.92 Å². The molecule has 2 rings (SSSR count). The van der Waals surface area contributed by atoms with Gasteiger partial charge in [-0.1, -0.05) is 43.2 Å². The first kappa shape index (κ1) is 12.6. The van der Waals surface area contributed by atoms with Crippen LogP contribution in [0.5, 0.6) is 0 Å². The first-order chi connectivity index (χ1) is 8.20. The first-order valence-corrected chi connectivity index (χ1v) is 6.68. The lowest BCUT2D eigenvalue weighted by Gasteiger charge is -2.33. The smallest absolute Gasteiger partial charge is 0.0943 e. The molecule has 1 aromatic rings. The molecule has 1 heterocycles. The van der Waals surface area contributed by atoms with Gasteiger partial charge in [-0.25, -0.2) is 0 Å². The molecule has 0 aliphatic carbocycles. The van der Waals surface area contributed by atoms with E-state index in [1.165, 1.54) is 18.4 Å². The molecule has 2 heteroatoms. The predicted molar refractivity (Wildman–Crippen MR) is 70.9 cm³/mol. The number of nitrogens with one attached hydrogen (secondary N) is 1. The summed E-state index contributed by atoms with van der Waals surface area (Å²) in [7, 11) is 0. The van der Waals surface area contributed by atoms with E-state index in [1.807, 2.05) is 12.1 Å². The fourth-order valence-corrected chi connectivity index (χ4v) is 2.64. The molecule has 1 fully saturated rings. The molecule has 0 aromatic heterocycles. The molecule has 0 radical (unpaired) electrons. The monoisotopic (exact) mass is 233 g/mol. The van der Waals surface area contributed by atoms with Gasteiger partial charge in [-0.3, -0.25) is 0 Å². The summed E-state index contributed by atoms with van der Waals surface area (Å²) in [5, 5.41) is 13.8. The number of piperidine rings is 1. The van der Waals surface area contributed by atoms with Gasteiger partial charge in [0.1, 0.15) is 0 Å². The fraction of sp³-hybridized carbons (Fsp3) is 0.600. The Kier molecular flexibility index (Phi) is 4.19. The average Bonchev–Trinajstić information content (AvgIpc) is 2.39. The van der Waals surface area contributed by atoms with Gasteiger partial charge in [0.05, 0.1) is 6.10 Å². The van der Waals surface area contributed by atoms with Gasteiger partial charge in [0, 0.05) is 6.04 Å². The maximum Gasteiger partial charge on any atom is 0.0943 e. The van der Waals surface area contributed by atoms with E-state index in [4.69, 9.17) is 0 Å². The second-order valence-corrected chi connectivity index (χ2v) is 5.21. The van der Waals surface area contributed by atoms with Gasteiger partial charge in [-0.05, 0) is 37.8 Å². The first-order valence-electron chi connectivity index (χ1n) is 6.68. The highest BCUT2D eigenvalue weighted by Gasteiger charge is 2.26. The van der Waals surface area contributed by atoms with Crippen molar-refractivity contribution in [2.75, 3.05) is 6.54 Å². The fourth-order valence-electron chi connectivity index (χ4n) is 2.64. The highest BCUT2D eigenvalue weighted by molar-refractivity contribution is 5.24. The van der Waals surface area contributed by atoms with Crippen LogP contribution in [0.3, 0.4) is 0 Å². The van der Waals surface area contributed by atoms with Gasteiger partial charge in [0.2, 0.25) is 0 Å². The second-order valence-electron chi connectivity index (χ2n) is 5.21. The van der Waals surface area contributed by atoms with Crippen molar-refractivity contribution in [1.82, 2.24) is 5.32 Å². The van der Waals surface area contributed by atoms with Gasteiger partial charge in [-0.15, -0.1) is 0 Å². The van der Waals surface area contributed by atoms with E-state index in [1.54, 1.807) is 0 Å². The highest BCUT2D eigenvalue weighted by Crippen LogP contribution is 2.27. The van der Waals surface area contributed by atoms with E-state index >= 15 is 0 Å². The van der Waals surface area contributed by atoms with Crippen molar-refractivity contribution in [3.8, 4) is 0 Å². The molecule has 3 unspecified atom stereocenters. The number of benzene rings is 1. The molecule has 0 bridgehead atoms. The largest absolute Gasteiger partial charge is 0.387 e. The van der Waals surface area contributed by atoms with Gasteiger partial charge in [0.25, 0.3) is 0 Å². The van der Waals surface area contributed by atoms with Crippen molar-refractivity contribution < 1.29 is 5.11 Å². The summed E-state index contributed by atoms with van der Waals surface area (Å²) in [4.78, 5) is 0. The third kappa shape index (κ3) is 3.08. The second kappa shape index (κ2) is 5.65. The van der Waals surface area contributed by atoms with Crippen LogP contribution >= 0.6 is 0 Å². The molecule has 1 saturated heterocycles. The average molecular weight is 233 g/mol. The summed E-state index contributed by atoms with van der Waals surface area (Å²) < 4.78 is 0. The van der Waals surface area contributed by atoms with Crippen LogP contribution in [0, 0.1) is 12.8 Å². The molecule has 1 aliphatic heterocycles. The maximum absolute atomic E-state index is 10.4. The Hall–Kier alpha value is -0.860. The van der Waals surface area contributed by atoms with Crippen molar-refractivity contribution >= 4 is 0 Å². The highest BCUT2D eigenvalue weighted by atomic mass is 16.3. The van der Waals surface area contributed by atoms with Gasteiger partial charge in [-0.2, -0.15) is 0 Å². The van der Waals surface area contributed by atoms with Crippen molar-refractivity contribution in [1.29, 1.82) is 0 Å². The number of hydrogen-bond donors (Lipinski definition) is 2. The molecule has 94 valence electrons. The van der Waals surface area contributed by atoms with E-state index in [2.05, 4.69) is 31.3 Å². The lowest BCUT2D eigenvalue weighted by Crippen LogP contribution is -2.42. The van der Waals surface area contributed by atoms with Crippen LogP contribution in [0.25, 0.3) is 0 Å². The van der Waals surface area contributed by atoms with E-state index in [0.717, 1.165) is 24.4 Å². The Bertz CT molecular complexity index is 346. The number of aryl methyl sites for hydroxylation is 1. The summed E-state index contributed by atoms with van der Waals surface area (Å²) in [5.41, 5.74) is 2.27. The minimum absolute atomic E-state index is 0.219. The molecular formula is C15H23NO. The number of hydrogen-bond acceptors (Lipinski definition) is 2. The molecule has 0 saturated carbocycles. The van der Waals surface area contributed by atoms with E-state index in [9.17, 15) is 5.11 Å². The molecule has 0 amide bonds. The summed E-state index contributed by atoms with van der Waals surface area (Å²) in [6.45, 7) is 5.35. The molecule has 1 aliphatic rings. The number of aliphatic hydroxyl groups excluding tert-OH is 1.